The fourth-order valence-electron chi connectivity index (χ4n) is 1.82. The summed E-state index contributed by atoms with van der Waals surface area (Å²) in [7, 11) is 0. The minimum Gasteiger partial charge on any atom is -0.252 e. The number of hydrogen-bond donors (Lipinski definition) is 0. The largest absolute Gasteiger partial charge is 0.252 e. The van der Waals surface area contributed by atoms with Crippen LogP contribution in [-0.4, -0.2) is 4.98 Å². The third-order valence-corrected chi connectivity index (χ3v) is 4.35. The van der Waals surface area contributed by atoms with Crippen molar-refractivity contribution in [1.29, 1.82) is 0 Å². The van der Waals surface area contributed by atoms with Crippen molar-refractivity contribution >= 4 is 54.4 Å². The van der Waals surface area contributed by atoms with Crippen LogP contribution in [0.25, 0.3) is 10.9 Å². The molecule has 0 N–H and O–H groups in total. The Kier molecular flexibility index (Phi) is 3.57. The molecular weight excluding hydrogens is 353 g/mol. The van der Waals surface area contributed by atoms with Gasteiger partial charge in [0.15, 0.2) is 0 Å². The van der Waals surface area contributed by atoms with Crippen molar-refractivity contribution in [3.05, 3.63) is 37.4 Å². The molecule has 1 aromatic carbocycles. The normalized spacial score (nSPS) is 11.1. The zero-order valence-corrected chi connectivity index (χ0v) is 12.9. The van der Waals surface area contributed by atoms with Crippen LogP contribution in [0.15, 0.2) is 21.1 Å². The molecule has 0 aliphatic carbocycles. The summed E-state index contributed by atoms with van der Waals surface area (Å²) in [5.74, 6) is 0. The van der Waals surface area contributed by atoms with Gasteiger partial charge in [-0.2, -0.15) is 0 Å². The quantitative estimate of drug-likeness (QED) is 0.671. The molecule has 1 nitrogen and oxygen atoms in total. The molecule has 0 amide bonds. The minimum atomic E-state index is 0.804. The molecule has 0 unspecified atom stereocenters. The predicted molar refractivity (Wildman–Crippen MR) is 76.3 cm³/mol. The molecule has 0 aliphatic heterocycles. The monoisotopic (exact) mass is 361 g/mol. The topological polar surface area (TPSA) is 12.9 Å². The number of halogens is 3. The molecular formula is C12H10Br2ClN. The van der Waals surface area contributed by atoms with Gasteiger partial charge in [-0.05, 0) is 47.0 Å². The molecule has 84 valence electrons. The zero-order chi connectivity index (χ0) is 11.9. The highest BCUT2D eigenvalue weighted by Gasteiger charge is 2.13. The molecule has 0 saturated carbocycles. The number of fused-ring (bicyclic) bond motifs is 1. The molecule has 16 heavy (non-hydrogen) atoms. The molecule has 2 aromatic rings. The Morgan fingerprint density at radius 3 is 2.50 bits per heavy atom. The van der Waals surface area contributed by atoms with E-state index in [1.807, 2.05) is 19.1 Å². The second-order valence-corrected chi connectivity index (χ2v) is 5.68. The van der Waals surface area contributed by atoms with Crippen LogP contribution in [0.3, 0.4) is 0 Å². The summed E-state index contributed by atoms with van der Waals surface area (Å²) in [5.41, 5.74) is 3.03. The summed E-state index contributed by atoms with van der Waals surface area (Å²) < 4.78 is 1.95. The Morgan fingerprint density at radius 1 is 1.25 bits per heavy atom. The first kappa shape index (κ1) is 12.3. The molecule has 0 spiro atoms. The highest BCUT2D eigenvalue weighted by molar-refractivity contribution is 9.11. The second-order valence-electron chi connectivity index (χ2n) is 3.60. The van der Waals surface area contributed by atoms with E-state index in [4.69, 9.17) is 11.6 Å². The molecule has 0 radical (unpaired) electrons. The SMILES string of the molecule is CCc1c(C)nc2c(Br)ccc(Br)c2c1Cl. The Hall–Kier alpha value is -0.120. The highest BCUT2D eigenvalue weighted by Crippen LogP contribution is 2.36. The van der Waals surface area contributed by atoms with E-state index >= 15 is 0 Å². The molecule has 0 bridgehead atoms. The van der Waals surface area contributed by atoms with E-state index in [-0.39, 0.29) is 0 Å². The Balaban J connectivity index is 2.98. The van der Waals surface area contributed by atoms with E-state index in [0.29, 0.717) is 0 Å². The molecule has 0 saturated heterocycles. The van der Waals surface area contributed by atoms with Crippen molar-refractivity contribution < 1.29 is 0 Å². The average Bonchev–Trinajstić information content (AvgIpc) is 2.24. The molecule has 2 rings (SSSR count). The van der Waals surface area contributed by atoms with Gasteiger partial charge in [0.25, 0.3) is 0 Å². The zero-order valence-electron chi connectivity index (χ0n) is 8.94. The van der Waals surface area contributed by atoms with Crippen molar-refractivity contribution in [2.45, 2.75) is 20.3 Å². The van der Waals surface area contributed by atoms with Gasteiger partial charge in [0.05, 0.1) is 10.5 Å². The number of pyridine rings is 1. The lowest BCUT2D eigenvalue weighted by molar-refractivity contribution is 1.07. The van der Waals surface area contributed by atoms with Gasteiger partial charge in [0.1, 0.15) is 0 Å². The molecule has 0 aliphatic rings. The van der Waals surface area contributed by atoms with Gasteiger partial charge in [-0.15, -0.1) is 0 Å². The van der Waals surface area contributed by atoms with Crippen molar-refractivity contribution in [3.63, 3.8) is 0 Å². The number of aryl methyl sites for hydroxylation is 1. The van der Waals surface area contributed by atoms with E-state index in [9.17, 15) is 0 Å². The van der Waals surface area contributed by atoms with Crippen LogP contribution >= 0.6 is 43.5 Å². The van der Waals surface area contributed by atoms with Crippen LogP contribution in [0.5, 0.6) is 0 Å². The van der Waals surface area contributed by atoms with Crippen LogP contribution in [0.1, 0.15) is 18.2 Å². The minimum absolute atomic E-state index is 0.804. The third-order valence-electron chi connectivity index (χ3n) is 2.63. The number of nitrogens with zero attached hydrogens (tertiary/aromatic N) is 1. The van der Waals surface area contributed by atoms with Crippen LogP contribution < -0.4 is 0 Å². The van der Waals surface area contributed by atoms with Crippen LogP contribution in [-0.2, 0) is 6.42 Å². The van der Waals surface area contributed by atoms with Crippen LogP contribution in [0.2, 0.25) is 5.02 Å². The van der Waals surface area contributed by atoms with Gasteiger partial charge in [0.2, 0.25) is 0 Å². The van der Waals surface area contributed by atoms with Gasteiger partial charge >= 0.3 is 0 Å². The molecule has 1 aromatic heterocycles. The van der Waals surface area contributed by atoms with E-state index in [1.54, 1.807) is 0 Å². The maximum atomic E-state index is 6.43. The Bertz CT molecular complexity index is 567. The second kappa shape index (κ2) is 4.63. The first-order valence-corrected chi connectivity index (χ1v) is 6.95. The number of aromatic nitrogens is 1. The fraction of sp³-hybridized carbons (Fsp3) is 0.250. The standard InChI is InChI=1S/C12H10Br2ClN/c1-3-7-6(2)16-12-9(14)5-4-8(13)10(12)11(7)15/h4-5H,3H2,1-2H3. The van der Waals surface area contributed by atoms with E-state index in [0.717, 1.165) is 42.5 Å². The third kappa shape index (κ3) is 1.89. The van der Waals surface area contributed by atoms with E-state index in [2.05, 4.69) is 43.8 Å². The number of hydrogen-bond acceptors (Lipinski definition) is 1. The molecule has 4 heteroatoms. The first-order chi connectivity index (χ1) is 7.56. The molecule has 1 heterocycles. The lowest BCUT2D eigenvalue weighted by Crippen LogP contribution is -1.95. The van der Waals surface area contributed by atoms with Gasteiger partial charge in [-0.25, -0.2) is 0 Å². The summed E-state index contributed by atoms with van der Waals surface area (Å²) in [5, 5.41) is 1.79. The van der Waals surface area contributed by atoms with Crippen LogP contribution in [0.4, 0.5) is 0 Å². The maximum absolute atomic E-state index is 6.43. The smallest absolute Gasteiger partial charge is 0.0873 e. The van der Waals surface area contributed by atoms with E-state index in [1.165, 1.54) is 0 Å². The predicted octanol–water partition coefficient (Wildman–Crippen LogP) is 5.28. The lowest BCUT2D eigenvalue weighted by Gasteiger charge is -2.11. The van der Waals surface area contributed by atoms with E-state index < -0.39 is 0 Å². The first-order valence-electron chi connectivity index (χ1n) is 4.99. The van der Waals surface area contributed by atoms with Gasteiger partial charge < -0.3 is 0 Å². The highest BCUT2D eigenvalue weighted by atomic mass is 79.9. The fourth-order valence-corrected chi connectivity index (χ4v) is 3.33. The van der Waals surface area contributed by atoms with Crippen molar-refractivity contribution in [3.8, 4) is 0 Å². The Morgan fingerprint density at radius 2 is 1.88 bits per heavy atom. The number of rotatable bonds is 1. The van der Waals surface area contributed by atoms with Gasteiger partial charge in [-0.1, -0.05) is 34.5 Å². The Labute approximate surface area is 116 Å². The summed E-state index contributed by atoms with van der Waals surface area (Å²) in [6.45, 7) is 4.09. The summed E-state index contributed by atoms with van der Waals surface area (Å²) in [6, 6.07) is 3.95. The molecule has 0 atom stereocenters. The summed E-state index contributed by atoms with van der Waals surface area (Å²) in [6.07, 6.45) is 0.895. The number of benzene rings is 1. The average molecular weight is 363 g/mol. The van der Waals surface area contributed by atoms with Gasteiger partial charge in [0, 0.05) is 20.0 Å². The lowest BCUT2D eigenvalue weighted by atomic mass is 10.1. The van der Waals surface area contributed by atoms with Crippen molar-refractivity contribution in [1.82, 2.24) is 4.98 Å². The van der Waals surface area contributed by atoms with Crippen LogP contribution in [0, 0.1) is 6.92 Å². The van der Waals surface area contributed by atoms with Gasteiger partial charge in [-0.3, -0.25) is 4.98 Å². The molecule has 0 fully saturated rings. The maximum Gasteiger partial charge on any atom is 0.0873 e. The summed E-state index contributed by atoms with van der Waals surface area (Å²) in [4.78, 5) is 4.61. The summed E-state index contributed by atoms with van der Waals surface area (Å²) >= 11 is 13.5. The van der Waals surface area contributed by atoms with Crippen molar-refractivity contribution in [2.24, 2.45) is 0 Å². The van der Waals surface area contributed by atoms with Crippen molar-refractivity contribution in [2.75, 3.05) is 0 Å².